The van der Waals surface area contributed by atoms with Crippen molar-refractivity contribution in [2.45, 2.75) is 6.92 Å². The summed E-state index contributed by atoms with van der Waals surface area (Å²) < 4.78 is 1.53. The van der Waals surface area contributed by atoms with E-state index in [2.05, 4.69) is 20.5 Å². The third kappa shape index (κ3) is 1.74. The smallest absolute Gasteiger partial charge is 0.183 e. The van der Waals surface area contributed by atoms with Gasteiger partial charge in [-0.3, -0.25) is 9.78 Å². The lowest BCUT2D eigenvalue weighted by atomic mass is 10.1. The highest BCUT2D eigenvalue weighted by molar-refractivity contribution is 5.94. The van der Waals surface area contributed by atoms with Crippen LogP contribution >= 0.6 is 0 Å². The van der Waals surface area contributed by atoms with Crippen LogP contribution in [0.4, 0.5) is 0 Å². The molecule has 0 fully saturated rings. The number of tetrazole rings is 1. The number of Topliss-reactive ketones (excluding diaryl/α,β-unsaturated/α-hetero) is 1. The van der Waals surface area contributed by atoms with Gasteiger partial charge in [0.2, 0.25) is 0 Å². The summed E-state index contributed by atoms with van der Waals surface area (Å²) in [6, 6.07) is 1.72. The SMILES string of the molecule is CC(=O)c1cncc(-c2nnnn2C)c1. The summed E-state index contributed by atoms with van der Waals surface area (Å²) in [6.45, 7) is 1.50. The Bertz CT molecular complexity index is 505. The standard InChI is InChI=1S/C9H9N5O/c1-6(15)7-3-8(5-10-4-7)9-11-12-13-14(9)2/h3-5H,1-2H3. The Morgan fingerprint density at radius 1 is 1.40 bits per heavy atom. The van der Waals surface area contributed by atoms with Crippen LogP contribution in [0.3, 0.4) is 0 Å². The number of ketones is 1. The molecule has 0 aliphatic carbocycles. The van der Waals surface area contributed by atoms with Crippen LogP contribution in [0.2, 0.25) is 0 Å². The van der Waals surface area contributed by atoms with Crippen LogP contribution in [0.5, 0.6) is 0 Å². The van der Waals surface area contributed by atoms with E-state index >= 15 is 0 Å². The van der Waals surface area contributed by atoms with E-state index in [4.69, 9.17) is 0 Å². The van der Waals surface area contributed by atoms with Gasteiger partial charge in [-0.15, -0.1) is 5.10 Å². The number of carbonyl (C=O) groups excluding carboxylic acids is 1. The zero-order valence-electron chi connectivity index (χ0n) is 8.38. The van der Waals surface area contributed by atoms with Crippen molar-refractivity contribution in [3.05, 3.63) is 24.0 Å². The predicted molar refractivity (Wildman–Crippen MR) is 52.0 cm³/mol. The molecule has 2 aromatic rings. The van der Waals surface area contributed by atoms with Crippen molar-refractivity contribution in [1.29, 1.82) is 0 Å². The highest BCUT2D eigenvalue weighted by Crippen LogP contribution is 2.14. The van der Waals surface area contributed by atoms with Crippen LogP contribution < -0.4 is 0 Å². The maximum atomic E-state index is 11.2. The molecule has 15 heavy (non-hydrogen) atoms. The van der Waals surface area contributed by atoms with Gasteiger partial charge >= 0.3 is 0 Å². The van der Waals surface area contributed by atoms with E-state index in [1.54, 1.807) is 19.3 Å². The van der Waals surface area contributed by atoms with Gasteiger partial charge in [0.1, 0.15) is 0 Å². The van der Waals surface area contributed by atoms with E-state index in [1.807, 2.05) is 0 Å². The molecule has 2 rings (SSSR count). The van der Waals surface area contributed by atoms with Gasteiger partial charge in [0, 0.05) is 30.6 Å². The van der Waals surface area contributed by atoms with Gasteiger partial charge in [-0.25, -0.2) is 4.68 Å². The first-order valence-corrected chi connectivity index (χ1v) is 4.37. The highest BCUT2D eigenvalue weighted by Gasteiger charge is 2.08. The number of nitrogens with zero attached hydrogens (tertiary/aromatic N) is 5. The molecule has 0 spiro atoms. The van der Waals surface area contributed by atoms with Crippen LogP contribution in [-0.4, -0.2) is 31.0 Å². The van der Waals surface area contributed by atoms with E-state index in [1.165, 1.54) is 17.8 Å². The number of carbonyl (C=O) groups is 1. The van der Waals surface area contributed by atoms with Crippen molar-refractivity contribution in [3.8, 4) is 11.4 Å². The lowest BCUT2D eigenvalue weighted by Crippen LogP contribution is -1.98. The minimum Gasteiger partial charge on any atom is -0.294 e. The lowest BCUT2D eigenvalue weighted by Gasteiger charge is -1.99. The molecule has 2 heterocycles. The molecule has 0 aliphatic heterocycles. The van der Waals surface area contributed by atoms with E-state index < -0.39 is 0 Å². The van der Waals surface area contributed by atoms with Crippen LogP contribution in [0.25, 0.3) is 11.4 Å². The number of hydrogen-bond acceptors (Lipinski definition) is 5. The predicted octanol–water partition coefficient (Wildman–Crippen LogP) is 0.475. The second-order valence-corrected chi connectivity index (χ2v) is 3.14. The molecular formula is C9H9N5O. The van der Waals surface area contributed by atoms with Crippen molar-refractivity contribution in [3.63, 3.8) is 0 Å². The lowest BCUT2D eigenvalue weighted by molar-refractivity contribution is 0.101. The minimum absolute atomic E-state index is 0.0283. The number of pyridine rings is 1. The number of aryl methyl sites for hydroxylation is 1. The van der Waals surface area contributed by atoms with Crippen molar-refractivity contribution in [1.82, 2.24) is 25.2 Å². The molecule has 76 valence electrons. The van der Waals surface area contributed by atoms with Gasteiger partial charge in [0.15, 0.2) is 11.6 Å². The zero-order valence-corrected chi connectivity index (χ0v) is 8.38. The largest absolute Gasteiger partial charge is 0.294 e. The van der Waals surface area contributed by atoms with E-state index in [9.17, 15) is 4.79 Å². The maximum absolute atomic E-state index is 11.2. The fraction of sp³-hybridized carbons (Fsp3) is 0.222. The van der Waals surface area contributed by atoms with Crippen molar-refractivity contribution in [2.24, 2.45) is 7.05 Å². The molecule has 6 heteroatoms. The van der Waals surface area contributed by atoms with Gasteiger partial charge < -0.3 is 0 Å². The topological polar surface area (TPSA) is 73.6 Å². The van der Waals surface area contributed by atoms with Gasteiger partial charge in [0.05, 0.1) is 0 Å². The van der Waals surface area contributed by atoms with Crippen molar-refractivity contribution in [2.75, 3.05) is 0 Å². The maximum Gasteiger partial charge on any atom is 0.183 e. The van der Waals surface area contributed by atoms with Gasteiger partial charge in [-0.05, 0) is 23.4 Å². The fourth-order valence-corrected chi connectivity index (χ4v) is 1.23. The van der Waals surface area contributed by atoms with Gasteiger partial charge in [-0.2, -0.15) is 0 Å². The molecule has 0 saturated heterocycles. The van der Waals surface area contributed by atoms with E-state index in [0.29, 0.717) is 11.4 Å². The summed E-state index contributed by atoms with van der Waals surface area (Å²) in [4.78, 5) is 15.1. The van der Waals surface area contributed by atoms with Crippen molar-refractivity contribution >= 4 is 5.78 Å². The summed E-state index contributed by atoms with van der Waals surface area (Å²) in [5, 5.41) is 11.1. The average molecular weight is 203 g/mol. The summed E-state index contributed by atoms with van der Waals surface area (Å²) in [7, 11) is 1.73. The molecule has 0 atom stereocenters. The molecular weight excluding hydrogens is 194 g/mol. The molecule has 0 bridgehead atoms. The van der Waals surface area contributed by atoms with Gasteiger partial charge in [0.25, 0.3) is 0 Å². The highest BCUT2D eigenvalue weighted by atomic mass is 16.1. The van der Waals surface area contributed by atoms with E-state index in [0.717, 1.165) is 5.56 Å². The third-order valence-electron chi connectivity index (χ3n) is 2.02. The first-order valence-electron chi connectivity index (χ1n) is 4.37. The number of hydrogen-bond donors (Lipinski definition) is 0. The Labute approximate surface area is 85.9 Å². The Hall–Kier alpha value is -2.11. The Balaban J connectivity index is 2.50. The molecule has 0 radical (unpaired) electrons. The first kappa shape index (κ1) is 9.45. The minimum atomic E-state index is -0.0283. The molecule has 0 aliphatic rings. The quantitative estimate of drug-likeness (QED) is 0.663. The summed E-state index contributed by atoms with van der Waals surface area (Å²) in [5.74, 6) is 0.560. The molecule has 6 nitrogen and oxygen atoms in total. The Morgan fingerprint density at radius 3 is 2.80 bits per heavy atom. The van der Waals surface area contributed by atoms with Gasteiger partial charge in [-0.1, -0.05) is 0 Å². The Morgan fingerprint density at radius 2 is 2.20 bits per heavy atom. The monoisotopic (exact) mass is 203 g/mol. The molecule has 0 saturated carbocycles. The summed E-state index contributed by atoms with van der Waals surface area (Å²) in [5.41, 5.74) is 1.28. The molecule has 2 aromatic heterocycles. The normalized spacial score (nSPS) is 10.3. The third-order valence-corrected chi connectivity index (χ3v) is 2.02. The van der Waals surface area contributed by atoms with Crippen LogP contribution in [0.15, 0.2) is 18.5 Å². The van der Waals surface area contributed by atoms with Crippen LogP contribution in [0, 0.1) is 0 Å². The first-order chi connectivity index (χ1) is 7.18. The number of aromatic nitrogens is 5. The molecule has 0 amide bonds. The average Bonchev–Trinajstić information content (AvgIpc) is 2.64. The molecule has 0 aromatic carbocycles. The molecule has 0 N–H and O–H groups in total. The second-order valence-electron chi connectivity index (χ2n) is 3.14. The summed E-state index contributed by atoms with van der Waals surface area (Å²) in [6.07, 6.45) is 3.15. The molecule has 0 unspecified atom stereocenters. The summed E-state index contributed by atoms with van der Waals surface area (Å²) >= 11 is 0. The Kier molecular flexibility index (Phi) is 2.24. The fourth-order valence-electron chi connectivity index (χ4n) is 1.23. The van der Waals surface area contributed by atoms with Crippen molar-refractivity contribution < 1.29 is 4.79 Å². The van der Waals surface area contributed by atoms with Crippen LogP contribution in [0.1, 0.15) is 17.3 Å². The van der Waals surface area contributed by atoms with E-state index in [-0.39, 0.29) is 5.78 Å². The second kappa shape index (κ2) is 3.56. The zero-order chi connectivity index (χ0) is 10.8. The number of rotatable bonds is 2. The van der Waals surface area contributed by atoms with Crippen LogP contribution in [-0.2, 0) is 7.05 Å².